The standard InChI is InChI=1S/C19H25N3O5S/c1-13-5-3-4-7-19(13)17(25)22(18(26)20-19)10-16(24)27-11-15(23)21(2)9-14-6-8-28-12-14/h6,8,12-13H,3-5,7,9-11H2,1-2H3,(H,20,26)/t13-,19-/m0/s1. The zero-order valence-corrected chi connectivity index (χ0v) is 16.9. The van der Waals surface area contributed by atoms with E-state index in [-0.39, 0.29) is 17.7 Å². The second-order valence-electron chi connectivity index (χ2n) is 7.48. The molecule has 2 atom stereocenters. The van der Waals surface area contributed by atoms with Crippen molar-refractivity contribution < 1.29 is 23.9 Å². The van der Waals surface area contributed by atoms with E-state index in [1.54, 1.807) is 18.4 Å². The highest BCUT2D eigenvalue weighted by Gasteiger charge is 2.55. The number of carbonyl (C=O) groups excluding carboxylic acids is 4. The van der Waals surface area contributed by atoms with Crippen LogP contribution in [0.4, 0.5) is 4.79 Å². The molecule has 1 spiro atoms. The van der Waals surface area contributed by atoms with Crippen molar-refractivity contribution in [1.29, 1.82) is 0 Å². The summed E-state index contributed by atoms with van der Waals surface area (Å²) in [6, 6.07) is 1.34. The van der Waals surface area contributed by atoms with E-state index in [1.165, 1.54) is 4.90 Å². The smallest absolute Gasteiger partial charge is 0.326 e. The van der Waals surface area contributed by atoms with Gasteiger partial charge in [-0.1, -0.05) is 19.8 Å². The third kappa shape index (κ3) is 4.04. The molecule has 1 saturated heterocycles. The van der Waals surface area contributed by atoms with Crippen molar-refractivity contribution in [3.8, 4) is 0 Å². The van der Waals surface area contributed by atoms with Crippen molar-refractivity contribution in [1.82, 2.24) is 15.1 Å². The number of ether oxygens (including phenoxy) is 1. The summed E-state index contributed by atoms with van der Waals surface area (Å²) < 4.78 is 5.00. The van der Waals surface area contributed by atoms with Crippen LogP contribution in [0.2, 0.25) is 0 Å². The van der Waals surface area contributed by atoms with Crippen LogP contribution >= 0.6 is 11.3 Å². The molecule has 1 aromatic rings. The topological polar surface area (TPSA) is 96.0 Å². The Morgan fingerprint density at radius 2 is 2.18 bits per heavy atom. The molecule has 2 fully saturated rings. The molecule has 0 aromatic carbocycles. The number of carbonyl (C=O) groups is 4. The zero-order valence-electron chi connectivity index (χ0n) is 16.1. The molecular weight excluding hydrogens is 382 g/mol. The Balaban J connectivity index is 1.51. The normalized spacial score (nSPS) is 24.4. The average Bonchev–Trinajstić information content (AvgIpc) is 3.25. The van der Waals surface area contributed by atoms with Gasteiger partial charge in [-0.05, 0) is 41.1 Å². The van der Waals surface area contributed by atoms with Crippen molar-refractivity contribution in [2.24, 2.45) is 5.92 Å². The second kappa shape index (κ2) is 8.30. The van der Waals surface area contributed by atoms with Crippen molar-refractivity contribution in [3.63, 3.8) is 0 Å². The van der Waals surface area contributed by atoms with Crippen LogP contribution in [0.5, 0.6) is 0 Å². The van der Waals surface area contributed by atoms with Crippen LogP contribution in [0.1, 0.15) is 38.2 Å². The lowest BCUT2D eigenvalue weighted by Crippen LogP contribution is -2.54. The molecule has 3 rings (SSSR count). The minimum Gasteiger partial charge on any atom is -0.454 e. The molecular formula is C19H25N3O5S. The van der Waals surface area contributed by atoms with Gasteiger partial charge >= 0.3 is 12.0 Å². The molecule has 4 amide bonds. The number of hydrogen-bond donors (Lipinski definition) is 1. The summed E-state index contributed by atoms with van der Waals surface area (Å²) in [5.41, 5.74) is 0.0880. The highest BCUT2D eigenvalue weighted by atomic mass is 32.1. The Hall–Kier alpha value is -2.42. The van der Waals surface area contributed by atoms with Crippen LogP contribution < -0.4 is 5.32 Å². The number of esters is 1. The highest BCUT2D eigenvalue weighted by molar-refractivity contribution is 7.07. The monoisotopic (exact) mass is 407 g/mol. The van der Waals surface area contributed by atoms with Gasteiger partial charge in [-0.15, -0.1) is 0 Å². The lowest BCUT2D eigenvalue weighted by Gasteiger charge is -2.36. The number of urea groups is 1. The largest absolute Gasteiger partial charge is 0.454 e. The van der Waals surface area contributed by atoms with Gasteiger partial charge in [-0.2, -0.15) is 11.3 Å². The van der Waals surface area contributed by atoms with Gasteiger partial charge in [-0.3, -0.25) is 19.3 Å². The summed E-state index contributed by atoms with van der Waals surface area (Å²) in [7, 11) is 1.62. The van der Waals surface area contributed by atoms with Gasteiger partial charge in [0.25, 0.3) is 11.8 Å². The Bertz CT molecular complexity index is 766. The fourth-order valence-electron chi connectivity index (χ4n) is 3.81. The van der Waals surface area contributed by atoms with Crippen molar-refractivity contribution in [3.05, 3.63) is 22.4 Å². The lowest BCUT2D eigenvalue weighted by atomic mass is 9.73. The number of hydrogen-bond acceptors (Lipinski definition) is 6. The van der Waals surface area contributed by atoms with Crippen LogP contribution in [0.3, 0.4) is 0 Å². The van der Waals surface area contributed by atoms with Gasteiger partial charge in [0.15, 0.2) is 6.61 Å². The first kappa shape index (κ1) is 20.3. The number of imide groups is 1. The van der Waals surface area contributed by atoms with Gasteiger partial charge in [0, 0.05) is 13.6 Å². The fourth-order valence-corrected chi connectivity index (χ4v) is 4.47. The van der Waals surface area contributed by atoms with Gasteiger partial charge in [0.1, 0.15) is 12.1 Å². The lowest BCUT2D eigenvalue weighted by molar-refractivity contribution is -0.153. The molecule has 8 nitrogen and oxygen atoms in total. The van der Waals surface area contributed by atoms with Crippen LogP contribution in [-0.4, -0.2) is 59.4 Å². The molecule has 152 valence electrons. The highest BCUT2D eigenvalue weighted by Crippen LogP contribution is 2.38. The summed E-state index contributed by atoms with van der Waals surface area (Å²) in [5, 5.41) is 6.65. The number of likely N-dealkylation sites (N-methyl/N-ethyl adjacent to an activating group) is 1. The van der Waals surface area contributed by atoms with Crippen LogP contribution in [0, 0.1) is 5.92 Å². The van der Waals surface area contributed by atoms with E-state index < -0.39 is 30.7 Å². The van der Waals surface area contributed by atoms with Gasteiger partial charge < -0.3 is 15.0 Å². The quantitative estimate of drug-likeness (QED) is 0.573. The molecule has 1 aliphatic carbocycles. The molecule has 9 heteroatoms. The molecule has 1 N–H and O–H groups in total. The molecule has 1 saturated carbocycles. The first-order valence-corrected chi connectivity index (χ1v) is 10.3. The van der Waals surface area contributed by atoms with Crippen LogP contribution in [0.25, 0.3) is 0 Å². The summed E-state index contributed by atoms with van der Waals surface area (Å²) in [6.45, 7) is 1.46. The van der Waals surface area contributed by atoms with Crippen molar-refractivity contribution in [2.45, 2.75) is 44.7 Å². The minimum atomic E-state index is -0.911. The SMILES string of the molecule is C[C@H]1CCCC[C@]12NC(=O)N(CC(=O)OCC(=O)N(C)Cc1ccsc1)C2=O. The maximum atomic E-state index is 12.8. The van der Waals surface area contributed by atoms with E-state index in [0.717, 1.165) is 29.7 Å². The molecule has 2 heterocycles. The molecule has 1 aliphatic heterocycles. The maximum absolute atomic E-state index is 12.8. The number of rotatable bonds is 6. The van der Waals surface area contributed by atoms with Crippen LogP contribution in [-0.2, 0) is 25.7 Å². The Kier molecular flexibility index (Phi) is 6.02. The maximum Gasteiger partial charge on any atom is 0.326 e. The second-order valence-corrected chi connectivity index (χ2v) is 8.26. The fraction of sp³-hybridized carbons (Fsp3) is 0.579. The first-order chi connectivity index (χ1) is 13.3. The molecule has 1 aromatic heterocycles. The number of thiophene rings is 1. The van der Waals surface area contributed by atoms with E-state index >= 15 is 0 Å². The Morgan fingerprint density at radius 3 is 2.86 bits per heavy atom. The van der Waals surface area contributed by atoms with E-state index in [2.05, 4.69) is 5.32 Å². The predicted octanol–water partition coefficient (Wildman–Crippen LogP) is 1.75. The Morgan fingerprint density at radius 1 is 1.39 bits per heavy atom. The van der Waals surface area contributed by atoms with E-state index in [0.29, 0.717) is 13.0 Å². The van der Waals surface area contributed by atoms with E-state index in [9.17, 15) is 19.2 Å². The van der Waals surface area contributed by atoms with E-state index in [1.807, 2.05) is 23.8 Å². The van der Waals surface area contributed by atoms with Crippen molar-refractivity contribution >= 4 is 35.2 Å². The number of nitrogens with one attached hydrogen (secondary N) is 1. The zero-order chi connectivity index (χ0) is 20.3. The summed E-state index contributed by atoms with van der Waals surface area (Å²) in [5.74, 6) is -1.48. The van der Waals surface area contributed by atoms with Gasteiger partial charge in [0.2, 0.25) is 0 Å². The third-order valence-corrected chi connectivity index (χ3v) is 6.30. The molecule has 0 bridgehead atoms. The Labute approximate surface area is 167 Å². The first-order valence-electron chi connectivity index (χ1n) is 9.38. The molecule has 0 unspecified atom stereocenters. The molecule has 2 aliphatic rings. The summed E-state index contributed by atoms with van der Waals surface area (Å²) in [4.78, 5) is 51.7. The van der Waals surface area contributed by atoms with Crippen molar-refractivity contribution in [2.75, 3.05) is 20.2 Å². The number of nitrogens with zero attached hydrogens (tertiary/aromatic N) is 2. The summed E-state index contributed by atoms with van der Waals surface area (Å²) in [6.07, 6.45) is 3.32. The molecule has 0 radical (unpaired) electrons. The van der Waals surface area contributed by atoms with E-state index in [4.69, 9.17) is 4.74 Å². The van der Waals surface area contributed by atoms with Gasteiger partial charge in [-0.25, -0.2) is 4.79 Å². The average molecular weight is 407 g/mol. The minimum absolute atomic E-state index is 0.0195. The molecule has 28 heavy (non-hydrogen) atoms. The van der Waals surface area contributed by atoms with Crippen LogP contribution in [0.15, 0.2) is 16.8 Å². The summed E-state index contributed by atoms with van der Waals surface area (Å²) >= 11 is 1.54. The number of amides is 4. The predicted molar refractivity (Wildman–Crippen MR) is 102 cm³/mol. The van der Waals surface area contributed by atoms with Gasteiger partial charge in [0.05, 0.1) is 0 Å². The third-order valence-electron chi connectivity index (χ3n) is 5.57.